The first kappa shape index (κ1) is 14.2. The van der Waals surface area contributed by atoms with Crippen molar-refractivity contribution < 1.29 is 13.2 Å². The molecule has 0 bridgehead atoms. The van der Waals surface area contributed by atoms with Crippen molar-refractivity contribution in [1.82, 2.24) is 0 Å². The molecule has 1 atom stereocenters. The molecular weight excluding hydrogens is 296 g/mol. The summed E-state index contributed by atoms with van der Waals surface area (Å²) < 4.78 is 39.2. The maximum atomic E-state index is 13.3. The topological polar surface area (TPSA) is 0 Å². The smallest absolute Gasteiger partial charge is 0.159 e. The van der Waals surface area contributed by atoms with Gasteiger partial charge < -0.3 is 0 Å². The first-order valence-corrected chi connectivity index (χ1v) is 6.32. The van der Waals surface area contributed by atoms with Crippen LogP contribution in [0.15, 0.2) is 36.4 Å². The fourth-order valence-electron chi connectivity index (χ4n) is 1.75. The van der Waals surface area contributed by atoms with Gasteiger partial charge in [-0.2, -0.15) is 0 Å². The number of hydrogen-bond donors (Lipinski definition) is 0. The van der Waals surface area contributed by atoms with Gasteiger partial charge in [-0.3, -0.25) is 0 Å². The third kappa shape index (κ3) is 3.23. The number of rotatable bonds is 3. The van der Waals surface area contributed by atoms with Crippen molar-refractivity contribution in [3.63, 3.8) is 0 Å². The SMILES string of the molecule is Fc1ccc(CC(Cl)c2cccc(F)c2Cl)cc1F. The van der Waals surface area contributed by atoms with Crippen LogP contribution in [0.1, 0.15) is 16.5 Å². The van der Waals surface area contributed by atoms with Gasteiger partial charge in [0.05, 0.1) is 10.4 Å². The van der Waals surface area contributed by atoms with Gasteiger partial charge >= 0.3 is 0 Å². The van der Waals surface area contributed by atoms with Gasteiger partial charge in [-0.05, 0) is 35.7 Å². The van der Waals surface area contributed by atoms with Gasteiger partial charge in [-0.15, -0.1) is 11.6 Å². The average molecular weight is 305 g/mol. The normalized spacial score (nSPS) is 12.5. The lowest BCUT2D eigenvalue weighted by Crippen LogP contribution is -1.99. The number of benzene rings is 2. The summed E-state index contributed by atoms with van der Waals surface area (Å²) in [5.41, 5.74) is 0.937. The molecule has 0 radical (unpaired) electrons. The molecule has 2 rings (SSSR count). The molecule has 0 fully saturated rings. The van der Waals surface area contributed by atoms with E-state index in [4.69, 9.17) is 23.2 Å². The van der Waals surface area contributed by atoms with E-state index in [1.807, 2.05) is 0 Å². The van der Waals surface area contributed by atoms with Crippen LogP contribution in [0.4, 0.5) is 13.2 Å². The highest BCUT2D eigenvalue weighted by Gasteiger charge is 2.16. The second kappa shape index (κ2) is 5.85. The van der Waals surface area contributed by atoms with Crippen LogP contribution in [0.2, 0.25) is 5.02 Å². The Kier molecular flexibility index (Phi) is 4.38. The Bertz CT molecular complexity index is 599. The Morgan fingerprint density at radius 3 is 2.37 bits per heavy atom. The highest BCUT2D eigenvalue weighted by atomic mass is 35.5. The van der Waals surface area contributed by atoms with Crippen molar-refractivity contribution in [1.29, 1.82) is 0 Å². The minimum absolute atomic E-state index is 0.0508. The Hall–Kier alpha value is -1.19. The van der Waals surface area contributed by atoms with E-state index in [-0.39, 0.29) is 11.4 Å². The second-order valence-corrected chi connectivity index (χ2v) is 4.97. The standard InChI is InChI=1S/C14H9Cl2F3/c15-10(9-2-1-3-12(18)14(9)16)6-8-4-5-11(17)13(19)7-8/h1-5,7,10H,6H2. The van der Waals surface area contributed by atoms with Crippen LogP contribution in [0.25, 0.3) is 0 Å². The zero-order valence-corrected chi connectivity index (χ0v) is 11.2. The predicted octanol–water partition coefficient (Wildman–Crippen LogP) is 5.28. The molecule has 0 saturated carbocycles. The fraction of sp³-hybridized carbons (Fsp3) is 0.143. The van der Waals surface area contributed by atoms with Crippen molar-refractivity contribution in [3.05, 3.63) is 70.0 Å². The Morgan fingerprint density at radius 2 is 1.68 bits per heavy atom. The third-order valence-electron chi connectivity index (χ3n) is 2.72. The van der Waals surface area contributed by atoms with Crippen molar-refractivity contribution >= 4 is 23.2 Å². The molecule has 0 nitrogen and oxygen atoms in total. The molecule has 2 aromatic carbocycles. The van der Waals surface area contributed by atoms with E-state index in [2.05, 4.69) is 0 Å². The van der Waals surface area contributed by atoms with Gasteiger partial charge in [0.15, 0.2) is 11.6 Å². The lowest BCUT2D eigenvalue weighted by atomic mass is 10.0. The summed E-state index contributed by atoms with van der Waals surface area (Å²) in [4.78, 5) is 0. The molecule has 19 heavy (non-hydrogen) atoms. The molecule has 0 aromatic heterocycles. The van der Waals surface area contributed by atoms with Gasteiger partial charge in [0, 0.05) is 0 Å². The van der Waals surface area contributed by atoms with Crippen LogP contribution in [0, 0.1) is 17.5 Å². The van der Waals surface area contributed by atoms with Crippen molar-refractivity contribution in [2.24, 2.45) is 0 Å². The van der Waals surface area contributed by atoms with Crippen LogP contribution >= 0.6 is 23.2 Å². The Balaban J connectivity index is 2.23. The summed E-state index contributed by atoms with van der Waals surface area (Å²) in [6.45, 7) is 0. The molecule has 0 N–H and O–H groups in total. The van der Waals surface area contributed by atoms with Crippen molar-refractivity contribution in [2.45, 2.75) is 11.8 Å². The molecule has 0 aliphatic rings. The summed E-state index contributed by atoms with van der Waals surface area (Å²) in [7, 11) is 0. The van der Waals surface area contributed by atoms with Crippen LogP contribution in [0.3, 0.4) is 0 Å². The van der Waals surface area contributed by atoms with Gasteiger partial charge in [0.2, 0.25) is 0 Å². The second-order valence-electron chi connectivity index (χ2n) is 4.06. The number of hydrogen-bond acceptors (Lipinski definition) is 0. The monoisotopic (exact) mass is 304 g/mol. The van der Waals surface area contributed by atoms with Crippen LogP contribution in [-0.4, -0.2) is 0 Å². The van der Waals surface area contributed by atoms with E-state index < -0.39 is 22.8 Å². The molecule has 0 saturated heterocycles. The molecule has 0 heterocycles. The van der Waals surface area contributed by atoms with Crippen LogP contribution in [0.5, 0.6) is 0 Å². The van der Waals surface area contributed by atoms with Crippen LogP contribution in [-0.2, 0) is 6.42 Å². The summed E-state index contributed by atoms with van der Waals surface area (Å²) in [5, 5.41) is -0.668. The van der Waals surface area contributed by atoms with E-state index in [1.54, 1.807) is 6.07 Å². The zero-order valence-electron chi connectivity index (χ0n) is 9.64. The third-order valence-corrected chi connectivity index (χ3v) is 3.51. The highest BCUT2D eigenvalue weighted by molar-refractivity contribution is 6.33. The largest absolute Gasteiger partial charge is 0.205 e. The molecule has 0 amide bonds. The molecule has 5 heteroatoms. The number of alkyl halides is 1. The number of halogens is 5. The van der Waals surface area contributed by atoms with Gasteiger partial charge in [-0.25, -0.2) is 13.2 Å². The summed E-state index contributed by atoms with van der Waals surface area (Å²) in [6.07, 6.45) is 0.224. The summed E-state index contributed by atoms with van der Waals surface area (Å²) in [6, 6.07) is 7.85. The average Bonchev–Trinajstić information content (AvgIpc) is 2.37. The first-order chi connectivity index (χ1) is 8.99. The predicted molar refractivity (Wildman–Crippen MR) is 70.1 cm³/mol. The molecule has 0 aliphatic heterocycles. The van der Waals surface area contributed by atoms with Crippen molar-refractivity contribution in [2.75, 3.05) is 0 Å². The van der Waals surface area contributed by atoms with E-state index in [0.717, 1.165) is 12.1 Å². The van der Waals surface area contributed by atoms with E-state index in [1.165, 1.54) is 18.2 Å². The quantitative estimate of drug-likeness (QED) is 0.677. The zero-order chi connectivity index (χ0) is 14.0. The first-order valence-electron chi connectivity index (χ1n) is 5.51. The molecule has 0 spiro atoms. The Morgan fingerprint density at radius 1 is 0.947 bits per heavy atom. The molecule has 100 valence electrons. The van der Waals surface area contributed by atoms with Gasteiger partial charge in [0.1, 0.15) is 5.82 Å². The summed E-state index contributed by atoms with van der Waals surface area (Å²) >= 11 is 12.0. The lowest BCUT2D eigenvalue weighted by molar-refractivity contribution is 0.507. The van der Waals surface area contributed by atoms with E-state index in [9.17, 15) is 13.2 Å². The van der Waals surface area contributed by atoms with Crippen LogP contribution < -0.4 is 0 Å². The van der Waals surface area contributed by atoms with Gasteiger partial charge in [0.25, 0.3) is 0 Å². The van der Waals surface area contributed by atoms with E-state index >= 15 is 0 Å². The fourth-order valence-corrected chi connectivity index (χ4v) is 2.42. The minimum atomic E-state index is -0.938. The maximum absolute atomic E-state index is 13.3. The minimum Gasteiger partial charge on any atom is -0.205 e. The lowest BCUT2D eigenvalue weighted by Gasteiger charge is -2.12. The molecule has 2 aromatic rings. The van der Waals surface area contributed by atoms with E-state index in [0.29, 0.717) is 11.1 Å². The maximum Gasteiger partial charge on any atom is 0.159 e. The Labute approximate surface area is 118 Å². The highest BCUT2D eigenvalue weighted by Crippen LogP contribution is 2.32. The molecule has 0 aliphatic carbocycles. The summed E-state index contributed by atoms with van der Waals surface area (Å²) in [5.74, 6) is -2.42. The van der Waals surface area contributed by atoms with Gasteiger partial charge in [-0.1, -0.05) is 29.8 Å². The molecule has 1 unspecified atom stereocenters. The molecular formula is C14H9Cl2F3. The van der Waals surface area contributed by atoms with Crippen molar-refractivity contribution in [3.8, 4) is 0 Å².